The zero-order valence-electron chi connectivity index (χ0n) is 14.2. The maximum absolute atomic E-state index is 12.5. The molecule has 0 bridgehead atoms. The monoisotopic (exact) mass is 391 g/mol. The van der Waals surface area contributed by atoms with Gasteiger partial charge in [-0.25, -0.2) is 0 Å². The van der Waals surface area contributed by atoms with Gasteiger partial charge in [-0.05, 0) is 42.7 Å². The zero-order valence-corrected chi connectivity index (χ0v) is 15.7. The van der Waals surface area contributed by atoms with Gasteiger partial charge in [-0.15, -0.1) is 0 Å². The Morgan fingerprint density at radius 1 is 1.23 bits per heavy atom. The van der Waals surface area contributed by atoms with Crippen molar-refractivity contribution in [2.24, 2.45) is 10.9 Å². The van der Waals surface area contributed by atoms with Crippen molar-refractivity contribution in [3.8, 4) is 0 Å². The van der Waals surface area contributed by atoms with E-state index in [0.29, 0.717) is 27.9 Å². The topological polar surface area (TPSA) is 76.7 Å². The van der Waals surface area contributed by atoms with Crippen LogP contribution in [0.5, 0.6) is 0 Å². The summed E-state index contributed by atoms with van der Waals surface area (Å²) in [6, 6.07) is 14.7. The molecule has 2 aromatic carbocycles. The van der Waals surface area contributed by atoms with Gasteiger partial charge in [0.05, 0.1) is 5.71 Å². The summed E-state index contributed by atoms with van der Waals surface area (Å²) in [4.78, 5) is 18.0. The van der Waals surface area contributed by atoms with Crippen LogP contribution >= 0.6 is 23.2 Å². The van der Waals surface area contributed by atoms with E-state index in [4.69, 9.17) is 33.8 Å². The van der Waals surface area contributed by atoms with Crippen molar-refractivity contribution in [2.75, 3.05) is 6.54 Å². The summed E-state index contributed by atoms with van der Waals surface area (Å²) in [5.41, 5.74) is 6.71. The van der Waals surface area contributed by atoms with Crippen LogP contribution in [0.25, 0.3) is 0 Å². The molecule has 26 heavy (non-hydrogen) atoms. The predicted molar refractivity (Wildman–Crippen MR) is 103 cm³/mol. The van der Waals surface area contributed by atoms with Gasteiger partial charge < -0.3 is 10.6 Å². The molecule has 2 aromatic rings. The van der Waals surface area contributed by atoms with Crippen LogP contribution in [0, 0.1) is 0 Å². The second kappa shape index (κ2) is 7.66. The summed E-state index contributed by atoms with van der Waals surface area (Å²) in [6.07, 6.45) is 0.000159. The first-order valence-electron chi connectivity index (χ1n) is 8.20. The molecule has 1 amide bonds. The minimum absolute atomic E-state index is 0.441. The second-order valence-electron chi connectivity index (χ2n) is 6.14. The molecule has 5 nitrogen and oxygen atoms in total. The van der Waals surface area contributed by atoms with Crippen molar-refractivity contribution >= 4 is 34.8 Å². The number of amides is 1. The van der Waals surface area contributed by atoms with Gasteiger partial charge in [0.2, 0.25) is 12.1 Å². The summed E-state index contributed by atoms with van der Waals surface area (Å²) < 4.78 is 0. The molecular weight excluding hydrogens is 373 g/mol. The third kappa shape index (κ3) is 3.30. The number of nitrogens with zero attached hydrogens (tertiary/aromatic N) is 1. The number of nitrogens with one attached hydrogen (secondary N) is 1. The first-order valence-corrected chi connectivity index (χ1v) is 8.95. The van der Waals surface area contributed by atoms with Crippen molar-refractivity contribution in [1.82, 2.24) is 5.32 Å². The van der Waals surface area contributed by atoms with Crippen LogP contribution in [-0.4, -0.2) is 24.4 Å². The van der Waals surface area contributed by atoms with Gasteiger partial charge in [0.25, 0.3) is 0 Å². The number of rotatable bonds is 6. The molecule has 0 spiro atoms. The molecule has 3 N–H and O–H groups in total. The van der Waals surface area contributed by atoms with Gasteiger partial charge >= 0.3 is 0 Å². The number of benzene rings is 2. The fourth-order valence-corrected chi connectivity index (χ4v) is 3.63. The van der Waals surface area contributed by atoms with Crippen LogP contribution in [-0.2, 0) is 21.5 Å². The van der Waals surface area contributed by atoms with Crippen molar-refractivity contribution in [3.63, 3.8) is 0 Å². The number of hydrogen-bond donors (Lipinski definition) is 2. The zero-order chi connectivity index (χ0) is 18.7. The van der Waals surface area contributed by atoms with Crippen LogP contribution in [0.2, 0.25) is 10.0 Å². The van der Waals surface area contributed by atoms with Gasteiger partial charge in [0.1, 0.15) is 0 Å². The van der Waals surface area contributed by atoms with Gasteiger partial charge in [-0.2, -0.15) is 0 Å². The standard InChI is InChI=1S/C19H19Cl2N3O2/c1-12-19(17(22)25,15-4-2-3-5-16(15)21)18(26-24-12)23-11-10-13-6-8-14(20)9-7-13/h2-9,18,23H,10-11H2,1H3,(H2,22,25). The molecule has 0 fully saturated rings. The lowest BCUT2D eigenvalue weighted by Crippen LogP contribution is -2.58. The van der Waals surface area contributed by atoms with E-state index >= 15 is 0 Å². The first-order chi connectivity index (χ1) is 12.5. The summed E-state index contributed by atoms with van der Waals surface area (Å²) >= 11 is 12.3. The van der Waals surface area contributed by atoms with Gasteiger partial charge in [-0.1, -0.05) is 58.7 Å². The van der Waals surface area contributed by atoms with E-state index < -0.39 is 17.6 Å². The van der Waals surface area contributed by atoms with Crippen LogP contribution in [0.4, 0.5) is 0 Å². The van der Waals surface area contributed by atoms with Crippen LogP contribution < -0.4 is 11.1 Å². The maximum Gasteiger partial charge on any atom is 0.239 e. The Balaban J connectivity index is 1.83. The van der Waals surface area contributed by atoms with Crippen molar-refractivity contribution in [2.45, 2.75) is 25.0 Å². The molecule has 3 rings (SSSR count). The summed E-state index contributed by atoms with van der Waals surface area (Å²) in [6.45, 7) is 2.28. The van der Waals surface area contributed by atoms with Gasteiger partial charge in [0.15, 0.2) is 5.41 Å². The smallest absolute Gasteiger partial charge is 0.239 e. The average molecular weight is 392 g/mol. The van der Waals surface area contributed by atoms with Crippen molar-refractivity contribution in [3.05, 3.63) is 69.7 Å². The Hall–Kier alpha value is -2.08. The predicted octanol–water partition coefficient (Wildman–Crippen LogP) is 3.28. The minimum Gasteiger partial charge on any atom is -0.375 e. The van der Waals surface area contributed by atoms with Gasteiger partial charge in [-0.3, -0.25) is 10.1 Å². The number of hydrogen-bond acceptors (Lipinski definition) is 4. The lowest BCUT2D eigenvalue weighted by molar-refractivity contribution is -0.125. The van der Waals surface area contributed by atoms with Crippen LogP contribution in [0.15, 0.2) is 53.7 Å². The molecule has 2 atom stereocenters. The van der Waals surface area contributed by atoms with Gasteiger partial charge in [0, 0.05) is 16.6 Å². The number of oxime groups is 1. The average Bonchev–Trinajstić information content (AvgIpc) is 2.94. The minimum atomic E-state index is -1.25. The largest absolute Gasteiger partial charge is 0.375 e. The molecule has 1 heterocycles. The summed E-state index contributed by atoms with van der Waals surface area (Å²) in [5.74, 6) is -0.562. The normalized spacial score (nSPS) is 22.0. The van der Waals surface area contributed by atoms with E-state index in [-0.39, 0.29) is 0 Å². The fourth-order valence-electron chi connectivity index (χ4n) is 3.22. The Kier molecular flexibility index (Phi) is 5.51. The third-order valence-corrected chi connectivity index (χ3v) is 5.18. The molecule has 0 radical (unpaired) electrons. The van der Waals surface area contributed by atoms with Crippen molar-refractivity contribution in [1.29, 1.82) is 0 Å². The molecule has 0 saturated carbocycles. The second-order valence-corrected chi connectivity index (χ2v) is 6.99. The highest BCUT2D eigenvalue weighted by molar-refractivity contribution is 6.33. The van der Waals surface area contributed by atoms with E-state index in [1.54, 1.807) is 25.1 Å². The highest BCUT2D eigenvalue weighted by Crippen LogP contribution is 2.38. The van der Waals surface area contributed by atoms with Crippen molar-refractivity contribution < 1.29 is 9.63 Å². The van der Waals surface area contributed by atoms with E-state index in [1.807, 2.05) is 30.3 Å². The number of halogens is 2. The number of carbonyl (C=O) groups is 1. The van der Waals surface area contributed by atoms with E-state index in [2.05, 4.69) is 10.5 Å². The van der Waals surface area contributed by atoms with E-state index in [0.717, 1.165) is 12.0 Å². The molecule has 0 aromatic heterocycles. The lowest BCUT2D eigenvalue weighted by atomic mass is 9.74. The molecule has 1 aliphatic heterocycles. The Morgan fingerprint density at radius 2 is 1.92 bits per heavy atom. The Bertz CT molecular complexity index is 839. The molecule has 0 saturated heterocycles. The number of carbonyl (C=O) groups excluding carboxylic acids is 1. The Labute approximate surface area is 162 Å². The van der Waals surface area contributed by atoms with E-state index in [1.165, 1.54) is 0 Å². The quantitative estimate of drug-likeness (QED) is 0.792. The molecule has 7 heteroatoms. The lowest BCUT2D eigenvalue weighted by Gasteiger charge is -2.32. The van der Waals surface area contributed by atoms with Crippen LogP contribution in [0.3, 0.4) is 0 Å². The highest BCUT2D eigenvalue weighted by Gasteiger charge is 2.55. The molecule has 2 unspecified atom stereocenters. The highest BCUT2D eigenvalue weighted by atomic mass is 35.5. The Morgan fingerprint density at radius 3 is 2.58 bits per heavy atom. The SMILES string of the molecule is CC1=NOC(NCCc2ccc(Cl)cc2)C1(C(N)=O)c1ccccc1Cl. The summed E-state index contributed by atoms with van der Waals surface area (Å²) in [5, 5.41) is 8.40. The summed E-state index contributed by atoms with van der Waals surface area (Å²) in [7, 11) is 0. The molecule has 1 aliphatic rings. The third-order valence-electron chi connectivity index (χ3n) is 4.60. The van der Waals surface area contributed by atoms with Crippen LogP contribution in [0.1, 0.15) is 18.1 Å². The molecule has 0 aliphatic carbocycles. The molecular formula is C19H19Cl2N3O2. The number of primary amides is 1. The first kappa shape index (κ1) is 18.7. The maximum atomic E-state index is 12.5. The van der Waals surface area contributed by atoms with E-state index in [9.17, 15) is 4.79 Å². The molecule has 136 valence electrons. The number of nitrogens with two attached hydrogens (primary N) is 1. The fraction of sp³-hybridized carbons (Fsp3) is 0.263.